The number of likely N-dealkylation sites (tertiary alicyclic amines) is 1. The molecule has 3 aromatic heterocycles. The van der Waals surface area contributed by atoms with Crippen LogP contribution in [0.1, 0.15) is 32.1 Å². The van der Waals surface area contributed by atoms with Crippen LogP contribution in [-0.4, -0.2) is 50.0 Å². The quantitative estimate of drug-likeness (QED) is 0.715. The van der Waals surface area contributed by atoms with Gasteiger partial charge in [-0.2, -0.15) is 5.10 Å². The highest BCUT2D eigenvalue weighted by Gasteiger charge is 2.11. The maximum absolute atomic E-state index is 12.1. The van der Waals surface area contributed by atoms with Gasteiger partial charge in [-0.3, -0.25) is 9.89 Å². The van der Waals surface area contributed by atoms with Crippen LogP contribution in [0.5, 0.6) is 0 Å². The van der Waals surface area contributed by atoms with Crippen molar-refractivity contribution in [3.8, 4) is 11.3 Å². The van der Waals surface area contributed by atoms with Crippen molar-refractivity contribution >= 4 is 17.2 Å². The fourth-order valence-electron chi connectivity index (χ4n) is 3.46. The van der Waals surface area contributed by atoms with Gasteiger partial charge in [-0.1, -0.05) is 6.42 Å². The Morgan fingerprint density at radius 3 is 3.00 bits per heavy atom. The Morgan fingerprint density at radius 1 is 1.23 bits per heavy atom. The van der Waals surface area contributed by atoms with Crippen LogP contribution >= 0.6 is 0 Å². The van der Waals surface area contributed by atoms with Crippen molar-refractivity contribution in [3.63, 3.8) is 0 Å². The summed E-state index contributed by atoms with van der Waals surface area (Å²) < 4.78 is 1.95. The minimum absolute atomic E-state index is 0.0186. The second kappa shape index (κ2) is 7.70. The van der Waals surface area contributed by atoms with Crippen LogP contribution in [0.25, 0.3) is 16.8 Å². The Morgan fingerprint density at radius 2 is 2.12 bits per heavy atom. The van der Waals surface area contributed by atoms with Crippen molar-refractivity contribution < 1.29 is 4.79 Å². The highest BCUT2D eigenvalue weighted by molar-refractivity contribution is 5.90. The Hall–Kier alpha value is -2.67. The van der Waals surface area contributed by atoms with Crippen LogP contribution in [0.4, 0.5) is 5.82 Å². The van der Waals surface area contributed by atoms with Crippen molar-refractivity contribution in [2.24, 2.45) is 0 Å². The molecular formula is C19H24N6O. The van der Waals surface area contributed by atoms with Gasteiger partial charge in [0.1, 0.15) is 0 Å². The maximum Gasteiger partial charge on any atom is 0.225 e. The number of imidazole rings is 1. The molecule has 1 aliphatic rings. The average molecular weight is 352 g/mol. The lowest BCUT2D eigenvalue weighted by Gasteiger charge is -2.26. The molecule has 7 nitrogen and oxygen atoms in total. The highest BCUT2D eigenvalue weighted by atomic mass is 16.1. The third-order valence-electron chi connectivity index (χ3n) is 4.89. The van der Waals surface area contributed by atoms with Crippen molar-refractivity contribution in [3.05, 3.63) is 36.9 Å². The van der Waals surface area contributed by atoms with E-state index in [0.29, 0.717) is 12.2 Å². The van der Waals surface area contributed by atoms with E-state index in [9.17, 15) is 4.79 Å². The van der Waals surface area contributed by atoms with Gasteiger partial charge in [0.25, 0.3) is 0 Å². The molecule has 7 heteroatoms. The minimum atomic E-state index is 0.0186. The van der Waals surface area contributed by atoms with Crippen LogP contribution in [0, 0.1) is 0 Å². The molecule has 0 spiro atoms. The zero-order chi connectivity index (χ0) is 17.8. The van der Waals surface area contributed by atoms with Crippen LogP contribution in [0.3, 0.4) is 0 Å². The topological polar surface area (TPSA) is 78.3 Å². The molecule has 0 radical (unpaired) electrons. The molecule has 0 unspecified atom stereocenters. The van der Waals surface area contributed by atoms with Gasteiger partial charge in [-0.25, -0.2) is 4.98 Å². The predicted octanol–water partition coefficient (Wildman–Crippen LogP) is 2.93. The van der Waals surface area contributed by atoms with Gasteiger partial charge in [0, 0.05) is 24.2 Å². The van der Waals surface area contributed by atoms with Gasteiger partial charge in [0.05, 0.1) is 23.7 Å². The van der Waals surface area contributed by atoms with Gasteiger partial charge in [-0.15, -0.1) is 0 Å². The second-order valence-corrected chi connectivity index (χ2v) is 6.86. The van der Waals surface area contributed by atoms with E-state index in [2.05, 4.69) is 25.4 Å². The SMILES string of the molecule is O=C(CCCN1CCCCC1)Nc1cc(-c2ccc3cncn3c2)[nH]n1. The van der Waals surface area contributed by atoms with Crippen molar-refractivity contribution in [2.75, 3.05) is 25.0 Å². The Labute approximate surface area is 152 Å². The molecule has 4 heterocycles. The molecule has 2 N–H and O–H groups in total. The number of hydrogen-bond acceptors (Lipinski definition) is 4. The molecule has 1 saturated heterocycles. The number of anilines is 1. The molecule has 26 heavy (non-hydrogen) atoms. The molecule has 1 amide bonds. The standard InChI is InChI=1S/C19H24N6O/c26-19(5-4-10-24-8-2-1-3-9-24)21-18-11-17(22-23-18)15-6-7-16-12-20-14-25(16)13-15/h6-7,11-14H,1-5,8-10H2,(H2,21,22,23,26). The summed E-state index contributed by atoms with van der Waals surface area (Å²) in [5, 5.41) is 10.1. The van der Waals surface area contributed by atoms with E-state index < -0.39 is 0 Å². The fourth-order valence-corrected chi connectivity index (χ4v) is 3.46. The highest BCUT2D eigenvalue weighted by Crippen LogP contribution is 2.20. The number of hydrogen-bond donors (Lipinski definition) is 2. The number of nitrogens with one attached hydrogen (secondary N) is 2. The largest absolute Gasteiger partial charge is 0.309 e. The van der Waals surface area contributed by atoms with Gasteiger partial charge in [-0.05, 0) is 51.0 Å². The number of aromatic amines is 1. The Bertz CT molecular complexity index is 877. The lowest BCUT2D eigenvalue weighted by molar-refractivity contribution is -0.116. The van der Waals surface area contributed by atoms with Crippen molar-refractivity contribution in [1.29, 1.82) is 0 Å². The number of carbonyl (C=O) groups is 1. The third-order valence-corrected chi connectivity index (χ3v) is 4.89. The van der Waals surface area contributed by atoms with E-state index >= 15 is 0 Å². The molecule has 0 atom stereocenters. The minimum Gasteiger partial charge on any atom is -0.309 e. The van der Waals surface area contributed by atoms with Gasteiger partial charge < -0.3 is 14.6 Å². The fraction of sp³-hybridized carbons (Fsp3) is 0.421. The van der Waals surface area contributed by atoms with E-state index in [-0.39, 0.29) is 5.91 Å². The first kappa shape index (κ1) is 16.8. The number of aromatic nitrogens is 4. The van der Waals surface area contributed by atoms with Gasteiger partial charge >= 0.3 is 0 Å². The van der Waals surface area contributed by atoms with Crippen molar-refractivity contribution in [2.45, 2.75) is 32.1 Å². The monoisotopic (exact) mass is 352 g/mol. The molecule has 136 valence electrons. The maximum atomic E-state index is 12.1. The van der Waals surface area contributed by atoms with Crippen molar-refractivity contribution in [1.82, 2.24) is 24.5 Å². The van der Waals surface area contributed by atoms with E-state index in [0.717, 1.165) is 29.7 Å². The number of pyridine rings is 1. The van der Waals surface area contributed by atoms with Crippen LogP contribution in [0.2, 0.25) is 0 Å². The van der Waals surface area contributed by atoms with E-state index in [4.69, 9.17) is 0 Å². The first-order valence-corrected chi connectivity index (χ1v) is 9.28. The first-order chi connectivity index (χ1) is 12.8. The van der Waals surface area contributed by atoms with Gasteiger partial charge in [0.2, 0.25) is 5.91 Å². The average Bonchev–Trinajstić information content (AvgIpc) is 3.31. The molecule has 1 aliphatic heterocycles. The second-order valence-electron chi connectivity index (χ2n) is 6.86. The predicted molar refractivity (Wildman–Crippen MR) is 101 cm³/mol. The van der Waals surface area contributed by atoms with E-state index in [1.165, 1.54) is 32.4 Å². The van der Waals surface area contributed by atoms with Crippen LogP contribution < -0.4 is 5.32 Å². The first-order valence-electron chi connectivity index (χ1n) is 9.28. The summed E-state index contributed by atoms with van der Waals surface area (Å²) in [4.78, 5) is 18.7. The summed E-state index contributed by atoms with van der Waals surface area (Å²) >= 11 is 0. The van der Waals surface area contributed by atoms with Crippen LogP contribution in [0.15, 0.2) is 36.9 Å². The summed E-state index contributed by atoms with van der Waals surface area (Å²) in [5.41, 5.74) is 2.90. The number of piperidine rings is 1. The lowest BCUT2D eigenvalue weighted by atomic mass is 10.1. The molecule has 0 aromatic carbocycles. The number of rotatable bonds is 6. The summed E-state index contributed by atoms with van der Waals surface area (Å²) in [7, 11) is 0. The molecule has 1 fully saturated rings. The summed E-state index contributed by atoms with van der Waals surface area (Å²) in [6, 6.07) is 5.87. The molecule has 3 aromatic rings. The summed E-state index contributed by atoms with van der Waals surface area (Å²) in [5.74, 6) is 0.582. The van der Waals surface area contributed by atoms with Gasteiger partial charge in [0.15, 0.2) is 5.82 Å². The summed E-state index contributed by atoms with van der Waals surface area (Å²) in [6.07, 6.45) is 10.9. The number of fused-ring (bicyclic) bond motifs is 1. The normalized spacial score (nSPS) is 15.4. The summed E-state index contributed by atoms with van der Waals surface area (Å²) in [6.45, 7) is 3.35. The number of carbonyl (C=O) groups excluding carboxylic acids is 1. The Balaban J connectivity index is 1.30. The number of H-pyrrole nitrogens is 1. The smallest absolute Gasteiger partial charge is 0.225 e. The van der Waals surface area contributed by atoms with E-state index in [1.807, 2.05) is 35.0 Å². The molecular weight excluding hydrogens is 328 g/mol. The zero-order valence-corrected chi connectivity index (χ0v) is 14.8. The number of amides is 1. The van der Waals surface area contributed by atoms with Crippen LogP contribution in [-0.2, 0) is 4.79 Å². The number of nitrogens with zero attached hydrogens (tertiary/aromatic N) is 4. The molecule has 0 bridgehead atoms. The lowest BCUT2D eigenvalue weighted by Crippen LogP contribution is -2.31. The third kappa shape index (κ3) is 3.94. The molecule has 0 saturated carbocycles. The Kier molecular flexibility index (Phi) is 4.97. The molecule has 4 rings (SSSR count). The zero-order valence-electron chi connectivity index (χ0n) is 14.8. The molecule has 0 aliphatic carbocycles. The van der Waals surface area contributed by atoms with E-state index in [1.54, 1.807) is 6.33 Å².